The van der Waals surface area contributed by atoms with E-state index in [0.29, 0.717) is 5.92 Å². The maximum Gasteiger partial charge on any atom is 0.119 e. The Morgan fingerprint density at radius 2 is 1.93 bits per heavy atom. The zero-order chi connectivity index (χ0) is 10.6. The van der Waals surface area contributed by atoms with Crippen molar-refractivity contribution in [1.29, 1.82) is 0 Å². The van der Waals surface area contributed by atoms with Gasteiger partial charge in [-0.05, 0) is 43.9 Å². The summed E-state index contributed by atoms with van der Waals surface area (Å²) in [5, 5.41) is 0. The van der Waals surface area contributed by atoms with Crippen molar-refractivity contribution >= 4 is 0 Å². The Hall–Kier alpha value is -0.980. The van der Waals surface area contributed by atoms with Crippen molar-refractivity contribution in [2.24, 2.45) is 0 Å². The summed E-state index contributed by atoms with van der Waals surface area (Å²) in [5.41, 5.74) is 1.37. The van der Waals surface area contributed by atoms with Gasteiger partial charge in [0.1, 0.15) is 5.75 Å². The van der Waals surface area contributed by atoms with E-state index < -0.39 is 0 Å². The molecule has 0 saturated carbocycles. The highest BCUT2D eigenvalue weighted by Gasteiger charge is 2.04. The van der Waals surface area contributed by atoms with Gasteiger partial charge in [0, 0.05) is 0 Å². The van der Waals surface area contributed by atoms with Crippen LogP contribution in [0.5, 0.6) is 5.75 Å². The minimum Gasteiger partial charge on any atom is -0.491 e. The molecule has 0 aliphatic carbocycles. The van der Waals surface area contributed by atoms with Gasteiger partial charge in [-0.2, -0.15) is 0 Å². The minimum absolute atomic E-state index is 0.252. The van der Waals surface area contributed by atoms with Gasteiger partial charge in [-0.1, -0.05) is 26.0 Å². The number of benzene rings is 1. The summed E-state index contributed by atoms with van der Waals surface area (Å²) in [5.74, 6) is 1.60. The van der Waals surface area contributed by atoms with Crippen LogP contribution in [0.1, 0.15) is 45.6 Å². The van der Waals surface area contributed by atoms with Crippen molar-refractivity contribution < 1.29 is 4.74 Å². The van der Waals surface area contributed by atoms with Crippen LogP contribution in [-0.2, 0) is 0 Å². The first-order valence-corrected chi connectivity index (χ1v) is 5.40. The monoisotopic (exact) mass is 192 g/mol. The first-order valence-electron chi connectivity index (χ1n) is 5.40. The van der Waals surface area contributed by atoms with Gasteiger partial charge >= 0.3 is 0 Å². The number of rotatable bonds is 4. The fraction of sp³-hybridized carbons (Fsp3) is 0.538. The molecular formula is C13H20O. The zero-order valence-electron chi connectivity index (χ0n) is 9.58. The van der Waals surface area contributed by atoms with Gasteiger partial charge in [0.15, 0.2) is 0 Å². The van der Waals surface area contributed by atoms with E-state index in [1.54, 1.807) is 0 Å². The second kappa shape index (κ2) is 5.04. The Labute approximate surface area is 87.1 Å². The fourth-order valence-electron chi connectivity index (χ4n) is 1.40. The topological polar surface area (TPSA) is 9.23 Å². The SMILES string of the molecule is CCC(C)c1cccc(OC(C)C)c1. The molecule has 0 heterocycles. The summed E-state index contributed by atoms with van der Waals surface area (Å²) in [6, 6.07) is 8.40. The first-order chi connectivity index (χ1) is 6.63. The van der Waals surface area contributed by atoms with E-state index in [2.05, 4.69) is 45.9 Å². The molecule has 0 saturated heterocycles. The van der Waals surface area contributed by atoms with Crippen molar-refractivity contribution in [2.45, 2.75) is 46.1 Å². The smallest absolute Gasteiger partial charge is 0.119 e. The van der Waals surface area contributed by atoms with Crippen molar-refractivity contribution in [3.05, 3.63) is 29.8 Å². The number of hydrogen-bond acceptors (Lipinski definition) is 1. The predicted octanol–water partition coefficient (Wildman–Crippen LogP) is 3.99. The molecule has 1 nitrogen and oxygen atoms in total. The zero-order valence-corrected chi connectivity index (χ0v) is 9.58. The summed E-state index contributed by atoms with van der Waals surface area (Å²) in [4.78, 5) is 0. The largest absolute Gasteiger partial charge is 0.491 e. The summed E-state index contributed by atoms with van der Waals surface area (Å²) in [6.07, 6.45) is 1.42. The average Bonchev–Trinajstić information content (AvgIpc) is 2.16. The second-order valence-corrected chi connectivity index (χ2v) is 4.05. The highest BCUT2D eigenvalue weighted by Crippen LogP contribution is 2.23. The van der Waals surface area contributed by atoms with E-state index in [0.717, 1.165) is 5.75 Å². The number of hydrogen-bond donors (Lipinski definition) is 0. The third-order valence-corrected chi connectivity index (χ3v) is 2.41. The molecule has 0 bridgehead atoms. The molecule has 78 valence electrons. The lowest BCUT2D eigenvalue weighted by Crippen LogP contribution is -2.05. The lowest BCUT2D eigenvalue weighted by Gasteiger charge is -2.13. The maximum atomic E-state index is 5.65. The van der Waals surface area contributed by atoms with E-state index in [1.807, 2.05) is 6.07 Å². The predicted molar refractivity (Wildman–Crippen MR) is 60.9 cm³/mol. The molecule has 0 spiro atoms. The van der Waals surface area contributed by atoms with E-state index >= 15 is 0 Å². The van der Waals surface area contributed by atoms with Crippen molar-refractivity contribution in [1.82, 2.24) is 0 Å². The Balaban J connectivity index is 2.78. The van der Waals surface area contributed by atoms with Gasteiger partial charge in [0.2, 0.25) is 0 Å². The molecule has 1 aromatic carbocycles. The number of ether oxygens (including phenoxy) is 1. The van der Waals surface area contributed by atoms with Crippen LogP contribution in [0.4, 0.5) is 0 Å². The van der Waals surface area contributed by atoms with Crippen LogP contribution in [0.2, 0.25) is 0 Å². The van der Waals surface area contributed by atoms with Gasteiger partial charge in [-0.3, -0.25) is 0 Å². The van der Waals surface area contributed by atoms with Crippen LogP contribution < -0.4 is 4.74 Å². The van der Waals surface area contributed by atoms with Crippen LogP contribution >= 0.6 is 0 Å². The Morgan fingerprint density at radius 3 is 2.50 bits per heavy atom. The normalized spacial score (nSPS) is 12.9. The van der Waals surface area contributed by atoms with Crippen LogP contribution in [0.3, 0.4) is 0 Å². The highest BCUT2D eigenvalue weighted by molar-refractivity contribution is 5.30. The molecule has 0 fully saturated rings. The third kappa shape index (κ3) is 3.06. The van der Waals surface area contributed by atoms with E-state index in [9.17, 15) is 0 Å². The van der Waals surface area contributed by atoms with Crippen LogP contribution in [0, 0.1) is 0 Å². The Kier molecular flexibility index (Phi) is 3.99. The molecule has 0 aliphatic heterocycles. The van der Waals surface area contributed by atoms with Crippen LogP contribution in [0.15, 0.2) is 24.3 Å². The lowest BCUT2D eigenvalue weighted by molar-refractivity contribution is 0.242. The second-order valence-electron chi connectivity index (χ2n) is 4.05. The molecule has 0 aromatic heterocycles. The molecule has 1 unspecified atom stereocenters. The molecule has 0 radical (unpaired) electrons. The molecule has 0 aliphatic rings. The third-order valence-electron chi connectivity index (χ3n) is 2.41. The Morgan fingerprint density at radius 1 is 1.21 bits per heavy atom. The van der Waals surface area contributed by atoms with Crippen molar-refractivity contribution in [2.75, 3.05) is 0 Å². The summed E-state index contributed by atoms with van der Waals surface area (Å²) in [7, 11) is 0. The molecular weight excluding hydrogens is 172 g/mol. The summed E-state index contributed by atoms with van der Waals surface area (Å²) < 4.78 is 5.65. The molecule has 14 heavy (non-hydrogen) atoms. The molecule has 0 amide bonds. The molecule has 1 atom stereocenters. The molecule has 1 rings (SSSR count). The molecule has 1 heteroatoms. The van der Waals surface area contributed by atoms with Crippen LogP contribution in [-0.4, -0.2) is 6.10 Å². The van der Waals surface area contributed by atoms with Crippen molar-refractivity contribution in [3.8, 4) is 5.75 Å². The highest BCUT2D eigenvalue weighted by atomic mass is 16.5. The molecule has 0 N–H and O–H groups in total. The van der Waals surface area contributed by atoms with Gasteiger partial charge < -0.3 is 4.74 Å². The maximum absolute atomic E-state index is 5.65. The average molecular weight is 192 g/mol. The van der Waals surface area contributed by atoms with E-state index in [-0.39, 0.29) is 6.10 Å². The van der Waals surface area contributed by atoms with Gasteiger partial charge in [0.05, 0.1) is 6.10 Å². The van der Waals surface area contributed by atoms with Crippen molar-refractivity contribution in [3.63, 3.8) is 0 Å². The summed E-state index contributed by atoms with van der Waals surface area (Å²) >= 11 is 0. The van der Waals surface area contributed by atoms with E-state index in [4.69, 9.17) is 4.74 Å². The lowest BCUT2D eigenvalue weighted by atomic mass is 9.99. The van der Waals surface area contributed by atoms with Gasteiger partial charge in [-0.25, -0.2) is 0 Å². The first kappa shape index (κ1) is 11.1. The van der Waals surface area contributed by atoms with E-state index in [1.165, 1.54) is 12.0 Å². The fourth-order valence-corrected chi connectivity index (χ4v) is 1.40. The quantitative estimate of drug-likeness (QED) is 0.701. The minimum atomic E-state index is 0.252. The molecule has 1 aromatic rings. The van der Waals surface area contributed by atoms with Crippen LogP contribution in [0.25, 0.3) is 0 Å². The Bertz CT molecular complexity index is 278. The standard InChI is InChI=1S/C13H20O/c1-5-11(4)12-7-6-8-13(9-12)14-10(2)3/h6-11H,5H2,1-4H3. The van der Waals surface area contributed by atoms with Gasteiger partial charge in [-0.15, -0.1) is 0 Å². The van der Waals surface area contributed by atoms with Gasteiger partial charge in [0.25, 0.3) is 0 Å². The summed E-state index contributed by atoms with van der Waals surface area (Å²) in [6.45, 7) is 8.56.